The number of rotatable bonds is 11. The molecule has 0 aromatic heterocycles. The van der Waals surface area contributed by atoms with Gasteiger partial charge in [-0.1, -0.05) is 13.8 Å². The van der Waals surface area contributed by atoms with Crippen LogP contribution in [0.4, 0.5) is 0 Å². The Morgan fingerprint density at radius 2 is 2.06 bits per heavy atom. The van der Waals surface area contributed by atoms with Gasteiger partial charge in [0.2, 0.25) is 5.91 Å². The predicted octanol–water partition coefficient (Wildman–Crippen LogP) is 1.70. The van der Waals surface area contributed by atoms with Crippen LogP contribution in [-0.4, -0.2) is 38.3 Å². The zero-order valence-electron chi connectivity index (χ0n) is 11.8. The lowest BCUT2D eigenvalue weighted by Gasteiger charge is -2.08. The second kappa shape index (κ2) is 9.34. The van der Waals surface area contributed by atoms with Gasteiger partial charge in [0.1, 0.15) is 0 Å². The Morgan fingerprint density at radius 3 is 2.72 bits per heavy atom. The summed E-state index contributed by atoms with van der Waals surface area (Å²) in [5, 5.41) is 6.23. The number of carbonyl (C=O) groups is 1. The van der Waals surface area contributed by atoms with Gasteiger partial charge in [-0.15, -0.1) is 0 Å². The SMILES string of the molecule is CC(C)NCCCC(=O)NCCCOCC1CC1. The van der Waals surface area contributed by atoms with Gasteiger partial charge in [0, 0.05) is 32.2 Å². The van der Waals surface area contributed by atoms with Crippen molar-refractivity contribution in [1.29, 1.82) is 0 Å². The molecule has 0 aromatic carbocycles. The van der Waals surface area contributed by atoms with Crippen LogP contribution in [0.25, 0.3) is 0 Å². The smallest absolute Gasteiger partial charge is 0.220 e. The quantitative estimate of drug-likeness (QED) is 0.553. The van der Waals surface area contributed by atoms with E-state index in [0.717, 1.165) is 45.1 Å². The van der Waals surface area contributed by atoms with Crippen molar-refractivity contribution in [2.75, 3.05) is 26.3 Å². The average Bonchev–Trinajstić information content (AvgIpc) is 3.13. The summed E-state index contributed by atoms with van der Waals surface area (Å²) >= 11 is 0. The molecule has 0 bridgehead atoms. The highest BCUT2D eigenvalue weighted by Crippen LogP contribution is 2.28. The standard InChI is InChI=1S/C14H28N2O2/c1-12(2)15-8-3-5-14(17)16-9-4-10-18-11-13-6-7-13/h12-13,15H,3-11H2,1-2H3,(H,16,17). The summed E-state index contributed by atoms with van der Waals surface area (Å²) in [5.74, 6) is 0.982. The lowest BCUT2D eigenvalue weighted by atomic mass is 10.2. The Balaban J connectivity index is 1.77. The van der Waals surface area contributed by atoms with Crippen molar-refractivity contribution in [2.24, 2.45) is 5.92 Å². The van der Waals surface area contributed by atoms with Gasteiger partial charge in [-0.3, -0.25) is 4.79 Å². The summed E-state index contributed by atoms with van der Waals surface area (Å²) in [5.41, 5.74) is 0. The molecule has 0 atom stereocenters. The lowest BCUT2D eigenvalue weighted by molar-refractivity contribution is -0.121. The maximum Gasteiger partial charge on any atom is 0.220 e. The molecule has 2 N–H and O–H groups in total. The van der Waals surface area contributed by atoms with Crippen LogP contribution in [0.3, 0.4) is 0 Å². The molecule has 1 amide bonds. The second-order valence-corrected chi connectivity index (χ2v) is 5.43. The Kier molecular flexibility index (Phi) is 8.01. The van der Waals surface area contributed by atoms with Crippen LogP contribution in [0.2, 0.25) is 0 Å². The van der Waals surface area contributed by atoms with Gasteiger partial charge in [-0.05, 0) is 38.1 Å². The summed E-state index contributed by atoms with van der Waals surface area (Å²) < 4.78 is 5.50. The molecule has 0 spiro atoms. The Labute approximate surface area is 111 Å². The fourth-order valence-electron chi connectivity index (χ4n) is 1.66. The molecule has 4 nitrogen and oxygen atoms in total. The minimum atomic E-state index is 0.155. The highest BCUT2D eigenvalue weighted by molar-refractivity contribution is 5.75. The molecule has 0 aromatic rings. The predicted molar refractivity (Wildman–Crippen MR) is 73.5 cm³/mol. The first-order chi connectivity index (χ1) is 8.68. The van der Waals surface area contributed by atoms with Gasteiger partial charge in [0.05, 0.1) is 0 Å². The molecular weight excluding hydrogens is 228 g/mol. The first-order valence-electron chi connectivity index (χ1n) is 7.26. The molecule has 0 unspecified atom stereocenters. The Bertz CT molecular complexity index is 228. The zero-order chi connectivity index (χ0) is 13.2. The minimum absolute atomic E-state index is 0.155. The van der Waals surface area contributed by atoms with Crippen LogP contribution in [0.5, 0.6) is 0 Å². The Hall–Kier alpha value is -0.610. The van der Waals surface area contributed by atoms with E-state index in [-0.39, 0.29) is 5.91 Å². The molecule has 1 aliphatic carbocycles. The van der Waals surface area contributed by atoms with Gasteiger partial charge in [-0.25, -0.2) is 0 Å². The van der Waals surface area contributed by atoms with E-state index in [4.69, 9.17) is 4.74 Å². The van der Waals surface area contributed by atoms with Gasteiger partial charge in [0.15, 0.2) is 0 Å². The van der Waals surface area contributed by atoms with Crippen LogP contribution in [0.15, 0.2) is 0 Å². The van der Waals surface area contributed by atoms with Crippen molar-refractivity contribution in [2.45, 2.75) is 52.0 Å². The molecule has 0 saturated heterocycles. The molecule has 1 fully saturated rings. The number of hydrogen-bond donors (Lipinski definition) is 2. The summed E-state index contributed by atoms with van der Waals surface area (Å²) in [6.07, 6.45) is 5.11. The van der Waals surface area contributed by atoms with E-state index < -0.39 is 0 Å². The monoisotopic (exact) mass is 256 g/mol. The van der Waals surface area contributed by atoms with Crippen LogP contribution < -0.4 is 10.6 Å². The number of amides is 1. The molecule has 1 saturated carbocycles. The molecule has 4 heteroatoms. The van der Waals surface area contributed by atoms with E-state index in [1.54, 1.807) is 0 Å². The van der Waals surface area contributed by atoms with E-state index in [1.807, 2.05) is 0 Å². The molecule has 0 radical (unpaired) electrons. The summed E-state index contributed by atoms with van der Waals surface area (Å²) in [6, 6.07) is 0.497. The van der Waals surface area contributed by atoms with Gasteiger partial charge in [0.25, 0.3) is 0 Å². The first kappa shape index (κ1) is 15.4. The average molecular weight is 256 g/mol. The third-order valence-corrected chi connectivity index (χ3v) is 2.97. The van der Waals surface area contributed by atoms with Gasteiger partial charge >= 0.3 is 0 Å². The van der Waals surface area contributed by atoms with Crippen molar-refractivity contribution in [3.8, 4) is 0 Å². The number of hydrogen-bond acceptors (Lipinski definition) is 3. The molecule has 0 aliphatic heterocycles. The summed E-state index contributed by atoms with van der Waals surface area (Å²) in [7, 11) is 0. The van der Waals surface area contributed by atoms with Crippen LogP contribution >= 0.6 is 0 Å². The number of ether oxygens (including phenoxy) is 1. The maximum absolute atomic E-state index is 11.5. The summed E-state index contributed by atoms with van der Waals surface area (Å²) in [4.78, 5) is 11.5. The van der Waals surface area contributed by atoms with E-state index in [9.17, 15) is 4.79 Å². The second-order valence-electron chi connectivity index (χ2n) is 5.43. The molecular formula is C14H28N2O2. The number of nitrogens with one attached hydrogen (secondary N) is 2. The normalized spacial score (nSPS) is 15.1. The molecule has 18 heavy (non-hydrogen) atoms. The topological polar surface area (TPSA) is 50.4 Å². The van der Waals surface area contributed by atoms with Crippen LogP contribution in [0, 0.1) is 5.92 Å². The van der Waals surface area contributed by atoms with Crippen molar-refractivity contribution in [3.63, 3.8) is 0 Å². The molecule has 106 valence electrons. The highest BCUT2D eigenvalue weighted by atomic mass is 16.5. The third kappa shape index (κ3) is 9.42. The maximum atomic E-state index is 11.5. The van der Waals surface area contributed by atoms with Gasteiger partial charge < -0.3 is 15.4 Å². The minimum Gasteiger partial charge on any atom is -0.381 e. The molecule has 0 heterocycles. The highest BCUT2D eigenvalue weighted by Gasteiger charge is 2.20. The Morgan fingerprint density at radius 1 is 1.28 bits per heavy atom. The van der Waals surface area contributed by atoms with E-state index in [2.05, 4.69) is 24.5 Å². The van der Waals surface area contributed by atoms with Crippen LogP contribution in [0.1, 0.15) is 46.0 Å². The van der Waals surface area contributed by atoms with Crippen LogP contribution in [-0.2, 0) is 9.53 Å². The lowest BCUT2D eigenvalue weighted by Crippen LogP contribution is -2.28. The largest absolute Gasteiger partial charge is 0.381 e. The van der Waals surface area contributed by atoms with E-state index in [1.165, 1.54) is 12.8 Å². The fourth-order valence-corrected chi connectivity index (χ4v) is 1.66. The van der Waals surface area contributed by atoms with Crippen molar-refractivity contribution < 1.29 is 9.53 Å². The third-order valence-electron chi connectivity index (χ3n) is 2.97. The molecule has 1 rings (SSSR count). The first-order valence-corrected chi connectivity index (χ1v) is 7.26. The molecule has 1 aliphatic rings. The van der Waals surface area contributed by atoms with Crippen molar-refractivity contribution >= 4 is 5.91 Å². The number of carbonyl (C=O) groups excluding carboxylic acids is 1. The van der Waals surface area contributed by atoms with E-state index >= 15 is 0 Å². The zero-order valence-corrected chi connectivity index (χ0v) is 11.8. The van der Waals surface area contributed by atoms with Gasteiger partial charge in [-0.2, -0.15) is 0 Å². The van der Waals surface area contributed by atoms with Crippen molar-refractivity contribution in [3.05, 3.63) is 0 Å². The fraction of sp³-hybridized carbons (Fsp3) is 0.929. The summed E-state index contributed by atoms with van der Waals surface area (Å²) in [6.45, 7) is 7.56. The van der Waals surface area contributed by atoms with E-state index in [0.29, 0.717) is 12.5 Å². The van der Waals surface area contributed by atoms with Crippen molar-refractivity contribution in [1.82, 2.24) is 10.6 Å².